The van der Waals surface area contributed by atoms with Gasteiger partial charge in [0.25, 0.3) is 0 Å². The number of carbonyl (C=O) groups is 2. The van der Waals surface area contributed by atoms with Gasteiger partial charge in [-0.15, -0.1) is 4.33 Å². The van der Waals surface area contributed by atoms with E-state index in [1.165, 1.54) is 0 Å². The van der Waals surface area contributed by atoms with Crippen molar-refractivity contribution < 1.29 is 39.5 Å². The molecule has 1 aliphatic rings. The second kappa shape index (κ2) is 21.0. The number of para-hydroxylation sites is 2. The fraction of sp³-hybridized carbons (Fsp3) is 0.350. The summed E-state index contributed by atoms with van der Waals surface area (Å²) in [7, 11) is 1.81. The van der Waals surface area contributed by atoms with E-state index in [-0.39, 0.29) is 18.9 Å². The monoisotopic (exact) mass is 815 g/mol. The summed E-state index contributed by atoms with van der Waals surface area (Å²) in [5.41, 5.74) is 11.5. The average Bonchev–Trinajstić information content (AvgIpc) is 3.59. The van der Waals surface area contributed by atoms with Gasteiger partial charge in [0.1, 0.15) is 30.1 Å². The molecule has 0 bridgehead atoms. The first-order valence-corrected chi connectivity index (χ1v) is 19.7. The van der Waals surface area contributed by atoms with Crippen molar-refractivity contribution >= 4 is 46.5 Å². The fourth-order valence-corrected chi connectivity index (χ4v) is 7.24. The van der Waals surface area contributed by atoms with Gasteiger partial charge in [0.05, 0.1) is 36.0 Å². The Labute approximate surface area is 339 Å². The van der Waals surface area contributed by atoms with Gasteiger partial charge in [0, 0.05) is 42.0 Å². The van der Waals surface area contributed by atoms with Crippen LogP contribution in [0.15, 0.2) is 90.0 Å². The van der Waals surface area contributed by atoms with Crippen LogP contribution in [-0.4, -0.2) is 83.4 Å². The number of H-pyrrole nitrogens is 1. The number of aromatic amines is 1. The van der Waals surface area contributed by atoms with Crippen molar-refractivity contribution in [1.82, 2.24) is 35.5 Å². The number of imidazole rings is 1. The number of pyridine rings is 1. The summed E-state index contributed by atoms with van der Waals surface area (Å²) in [6.45, 7) is 2.12. The van der Waals surface area contributed by atoms with Gasteiger partial charge in [-0.1, -0.05) is 54.3 Å². The molecule has 0 radical (unpaired) electrons. The van der Waals surface area contributed by atoms with E-state index < -0.39 is 24.5 Å². The molecule has 18 heteroatoms. The van der Waals surface area contributed by atoms with E-state index in [1.807, 2.05) is 61.6 Å². The number of hydrogen-bond acceptors (Lipinski definition) is 15. The van der Waals surface area contributed by atoms with Gasteiger partial charge < -0.3 is 35.9 Å². The van der Waals surface area contributed by atoms with Gasteiger partial charge in [0.15, 0.2) is 0 Å². The van der Waals surface area contributed by atoms with Crippen LogP contribution < -0.4 is 21.5 Å². The van der Waals surface area contributed by atoms with Crippen molar-refractivity contribution in [3.05, 3.63) is 113 Å². The first-order valence-electron chi connectivity index (χ1n) is 19.0. The van der Waals surface area contributed by atoms with Crippen LogP contribution in [0.5, 0.6) is 0 Å². The minimum absolute atomic E-state index is 0.276. The zero-order chi connectivity index (χ0) is 40.9. The van der Waals surface area contributed by atoms with Crippen LogP contribution in [0.25, 0.3) is 11.0 Å². The largest absolute Gasteiger partial charge is 0.481 e. The molecule has 2 aromatic heterocycles. The van der Waals surface area contributed by atoms with E-state index >= 15 is 0 Å². The average molecular weight is 816 g/mol. The van der Waals surface area contributed by atoms with Crippen LogP contribution >= 0.6 is 12.0 Å². The van der Waals surface area contributed by atoms with Gasteiger partial charge in [-0.2, -0.15) is 0 Å². The molecule has 3 heterocycles. The van der Waals surface area contributed by atoms with Crippen molar-refractivity contribution in [2.45, 2.75) is 75.1 Å². The Morgan fingerprint density at radius 1 is 1.03 bits per heavy atom. The van der Waals surface area contributed by atoms with Crippen molar-refractivity contribution in [2.75, 3.05) is 30.9 Å². The van der Waals surface area contributed by atoms with Gasteiger partial charge in [-0.25, -0.2) is 20.7 Å². The zero-order valence-electron chi connectivity index (χ0n) is 32.0. The molecular formula is C40H49N9O8S. The highest BCUT2D eigenvalue weighted by atomic mass is 32.2. The molecule has 6 rings (SSSR count). The lowest BCUT2D eigenvalue weighted by Gasteiger charge is -2.25. The van der Waals surface area contributed by atoms with Crippen LogP contribution in [0, 0.1) is 0 Å². The number of hydrogen-bond donors (Lipinski definition) is 9. The Morgan fingerprint density at radius 3 is 2.62 bits per heavy atom. The molecule has 0 fully saturated rings. The molecule has 0 saturated carbocycles. The third-order valence-corrected chi connectivity index (χ3v) is 10.5. The SMILES string of the molecule is CN(Cc1nc2ccccc2[nH]1)[C@@H](O)c1ccc2c(c1)CN(CCCCCCN[C@@H](O)c1ccc(NNCc3ccccc3SOOO)nc1)C(=O)[C@H](CC(=O)O)N2. The first-order chi connectivity index (χ1) is 28.2. The summed E-state index contributed by atoms with van der Waals surface area (Å²) in [5.74, 6) is -0.0573. The number of anilines is 2. The van der Waals surface area contributed by atoms with Gasteiger partial charge >= 0.3 is 5.97 Å². The predicted octanol–water partition coefficient (Wildman–Crippen LogP) is 5.06. The number of fused-ring (bicyclic) bond motifs is 2. The minimum atomic E-state index is -1.07. The molecule has 0 spiro atoms. The number of rotatable bonds is 22. The number of aliphatic hydroxyl groups excluding tert-OH is 2. The summed E-state index contributed by atoms with van der Waals surface area (Å²) in [6, 6.07) is 23.3. The highest BCUT2D eigenvalue weighted by Crippen LogP contribution is 2.29. The normalized spacial score (nSPS) is 15.2. The molecule has 17 nitrogen and oxygen atoms in total. The Hall–Kier alpha value is -5.15. The minimum Gasteiger partial charge on any atom is -0.481 e. The number of unbranched alkanes of at least 4 members (excludes halogenated alkanes) is 3. The number of nitrogens with one attached hydrogen (secondary N) is 5. The predicted molar refractivity (Wildman–Crippen MR) is 217 cm³/mol. The van der Waals surface area contributed by atoms with Crippen molar-refractivity contribution in [3.63, 3.8) is 0 Å². The summed E-state index contributed by atoms with van der Waals surface area (Å²) < 4.78 is 4.54. The van der Waals surface area contributed by atoms with Crippen molar-refractivity contribution in [2.24, 2.45) is 0 Å². The molecule has 0 unspecified atom stereocenters. The standard InChI is InChI=1S/C40H49N9O8S/c1-48(25-36-45-31-11-5-6-12-32(31)46-36)39(53)26-14-16-30-29(20-26)24-49(40(54)33(44-30)21-37(50)51)19-9-3-2-8-18-41-38(52)28-15-17-35(42-22-28)47-43-23-27-10-4-7-13-34(27)58-57-56-55/h4-7,10-17,20,22,33,38-39,41,43-44,52-53,55H,2-3,8-9,18-19,21,23-25H2,1H3,(H,42,47)(H,45,46)(H,50,51)/t33-,38-,39-/m0/s1. The van der Waals surface area contributed by atoms with Gasteiger partial charge in [0.2, 0.25) is 5.91 Å². The quantitative estimate of drug-likeness (QED) is 0.0146. The molecule has 58 heavy (non-hydrogen) atoms. The number of aliphatic hydroxyl groups is 2. The molecular weight excluding hydrogens is 767 g/mol. The molecule has 1 aliphatic heterocycles. The number of aromatic nitrogens is 3. The van der Waals surface area contributed by atoms with E-state index in [0.29, 0.717) is 55.2 Å². The number of carboxylic acid groups (broad SMARTS) is 1. The van der Waals surface area contributed by atoms with Crippen molar-refractivity contribution in [1.29, 1.82) is 0 Å². The molecule has 0 saturated heterocycles. The number of hydrazine groups is 1. The highest BCUT2D eigenvalue weighted by molar-refractivity contribution is 7.94. The van der Waals surface area contributed by atoms with Crippen LogP contribution in [-0.2, 0) is 38.6 Å². The maximum absolute atomic E-state index is 13.6. The summed E-state index contributed by atoms with van der Waals surface area (Å²) in [5, 5.41) is 49.9. The molecule has 5 aromatic rings. The van der Waals surface area contributed by atoms with E-state index in [9.17, 15) is 24.9 Å². The molecule has 0 aliphatic carbocycles. The summed E-state index contributed by atoms with van der Waals surface area (Å²) in [4.78, 5) is 41.8. The Morgan fingerprint density at radius 2 is 1.83 bits per heavy atom. The lowest BCUT2D eigenvalue weighted by molar-refractivity contribution is -0.432. The number of amides is 1. The molecule has 3 atom stereocenters. The van der Waals surface area contributed by atoms with E-state index in [0.717, 1.165) is 64.2 Å². The van der Waals surface area contributed by atoms with Crippen molar-refractivity contribution in [3.8, 4) is 0 Å². The topological polar surface area (TPSA) is 230 Å². The maximum atomic E-state index is 13.6. The van der Waals surface area contributed by atoms with Crippen LogP contribution in [0.3, 0.4) is 0 Å². The molecule has 9 N–H and O–H groups in total. The second-order valence-corrected chi connectivity index (χ2v) is 14.8. The first kappa shape index (κ1) is 42.5. The smallest absolute Gasteiger partial charge is 0.305 e. The summed E-state index contributed by atoms with van der Waals surface area (Å²) in [6.07, 6.45) is 2.60. The van der Waals surface area contributed by atoms with E-state index in [4.69, 9.17) is 5.26 Å². The third kappa shape index (κ3) is 11.7. The fourth-order valence-electron chi connectivity index (χ4n) is 6.75. The second-order valence-electron chi connectivity index (χ2n) is 14.0. The highest BCUT2D eigenvalue weighted by Gasteiger charge is 2.31. The lowest BCUT2D eigenvalue weighted by Crippen LogP contribution is -2.42. The molecule has 308 valence electrons. The Kier molecular flexibility index (Phi) is 15.4. The summed E-state index contributed by atoms with van der Waals surface area (Å²) >= 11 is 0.886. The number of nitrogens with zero attached hydrogens (tertiary/aromatic N) is 4. The number of carbonyl (C=O) groups excluding carboxylic acids is 1. The van der Waals surface area contributed by atoms with Gasteiger partial charge in [-0.3, -0.25) is 19.8 Å². The molecule has 3 aromatic carbocycles. The zero-order valence-corrected chi connectivity index (χ0v) is 32.8. The van der Waals surface area contributed by atoms with Crippen LogP contribution in [0.2, 0.25) is 0 Å². The molecule has 1 amide bonds. The maximum Gasteiger partial charge on any atom is 0.305 e. The van der Waals surface area contributed by atoms with Gasteiger partial charge in [-0.05, 0) is 85.6 Å². The Balaban J connectivity index is 0.942. The third-order valence-electron chi connectivity index (χ3n) is 9.78. The Bertz CT molecular complexity index is 2070. The number of aliphatic carboxylic acids is 1. The van der Waals surface area contributed by atoms with Crippen LogP contribution in [0.1, 0.15) is 72.6 Å². The number of benzene rings is 3. The number of carboxylic acids is 1. The van der Waals surface area contributed by atoms with E-state index in [2.05, 4.69) is 45.8 Å². The van der Waals surface area contributed by atoms with Crippen LogP contribution in [0.4, 0.5) is 11.5 Å². The lowest BCUT2D eigenvalue weighted by atomic mass is 10.1. The van der Waals surface area contributed by atoms with E-state index in [1.54, 1.807) is 40.3 Å².